The van der Waals surface area contributed by atoms with Crippen LogP contribution in [-0.2, 0) is 0 Å². The molecule has 2 N–H and O–H groups in total. The summed E-state index contributed by atoms with van der Waals surface area (Å²) in [7, 11) is 0. The highest BCUT2D eigenvalue weighted by atomic mass is 35.5. The minimum absolute atomic E-state index is 0. The van der Waals surface area contributed by atoms with Crippen molar-refractivity contribution in [2.45, 2.75) is 43.8 Å². The smallest absolute Gasteiger partial charge is 0.251 e. The van der Waals surface area contributed by atoms with Crippen LogP contribution in [0.4, 0.5) is 0 Å². The van der Waals surface area contributed by atoms with E-state index in [1.54, 1.807) is 35.4 Å². The second-order valence-corrected chi connectivity index (χ2v) is 6.15. The molecule has 24 heavy (non-hydrogen) atoms. The molecular weight excluding hydrogens is 349 g/mol. The van der Waals surface area contributed by atoms with Gasteiger partial charge in [0.25, 0.3) is 5.91 Å². The molecule has 0 aromatic carbocycles. The van der Waals surface area contributed by atoms with E-state index in [9.17, 15) is 4.79 Å². The molecule has 0 radical (unpaired) electrons. The molecule has 2 aliphatic rings. The van der Waals surface area contributed by atoms with Crippen LogP contribution in [0.5, 0.6) is 0 Å². The number of rotatable bonds is 3. The summed E-state index contributed by atoms with van der Waals surface area (Å²) in [5.41, 5.74) is 0.643. The Labute approximate surface area is 153 Å². The van der Waals surface area contributed by atoms with Gasteiger partial charge in [0.1, 0.15) is 12.1 Å². The Kier molecular flexibility index (Phi) is 6.21. The van der Waals surface area contributed by atoms with Gasteiger partial charge in [-0.05, 0) is 37.8 Å². The molecule has 2 bridgehead atoms. The minimum Gasteiger partial charge on any atom is -0.349 e. The summed E-state index contributed by atoms with van der Waals surface area (Å²) in [6, 6.07) is 4.97. The molecule has 2 aromatic rings. The lowest BCUT2D eigenvalue weighted by Crippen LogP contribution is -2.48. The summed E-state index contributed by atoms with van der Waals surface area (Å²) in [6.45, 7) is 0. The van der Waals surface area contributed by atoms with E-state index in [0.29, 0.717) is 23.5 Å². The van der Waals surface area contributed by atoms with E-state index in [0.717, 1.165) is 12.8 Å². The number of pyridine rings is 1. The number of amides is 1. The van der Waals surface area contributed by atoms with E-state index in [1.807, 2.05) is 6.20 Å². The maximum atomic E-state index is 12.5. The predicted molar refractivity (Wildman–Crippen MR) is 96.3 cm³/mol. The van der Waals surface area contributed by atoms with E-state index < -0.39 is 0 Å². The Balaban J connectivity index is 0.00000104. The summed E-state index contributed by atoms with van der Waals surface area (Å²) in [6.07, 6.45) is 11.4. The number of hydrogen-bond donors (Lipinski definition) is 2. The fourth-order valence-corrected chi connectivity index (χ4v) is 3.54. The van der Waals surface area contributed by atoms with Crippen LogP contribution in [0.25, 0.3) is 5.82 Å². The van der Waals surface area contributed by atoms with Crippen molar-refractivity contribution in [3.63, 3.8) is 0 Å². The average Bonchev–Trinajstić information content (AvgIpc) is 3.17. The Bertz CT molecular complexity index is 667. The number of halogens is 2. The van der Waals surface area contributed by atoms with E-state index in [-0.39, 0.29) is 36.8 Å². The van der Waals surface area contributed by atoms with Crippen LogP contribution < -0.4 is 10.6 Å². The molecule has 8 heteroatoms. The molecule has 4 rings (SSSR count). The van der Waals surface area contributed by atoms with Gasteiger partial charge in [-0.1, -0.05) is 0 Å². The van der Waals surface area contributed by atoms with Crippen LogP contribution >= 0.6 is 24.8 Å². The van der Waals surface area contributed by atoms with Gasteiger partial charge < -0.3 is 10.6 Å². The van der Waals surface area contributed by atoms with Crippen molar-refractivity contribution in [1.82, 2.24) is 25.2 Å². The van der Waals surface area contributed by atoms with Gasteiger partial charge in [0.05, 0.1) is 0 Å². The molecule has 0 aliphatic carbocycles. The number of piperidine rings is 1. The number of imidazole rings is 1. The lowest BCUT2D eigenvalue weighted by atomic mass is 9.99. The summed E-state index contributed by atoms with van der Waals surface area (Å²) in [4.78, 5) is 20.8. The van der Waals surface area contributed by atoms with E-state index in [1.165, 1.54) is 12.8 Å². The summed E-state index contributed by atoms with van der Waals surface area (Å²) >= 11 is 0. The summed E-state index contributed by atoms with van der Waals surface area (Å²) in [5, 5.41) is 6.77. The van der Waals surface area contributed by atoms with E-state index in [4.69, 9.17) is 0 Å². The SMILES string of the molecule is Cl.Cl.O=C(NC1CC2CCC(C1)N2)c1ccnc(-n2ccnc2)c1. The fraction of sp³-hybridized carbons (Fsp3) is 0.438. The normalized spacial score (nSPS) is 24.6. The summed E-state index contributed by atoms with van der Waals surface area (Å²) < 4.78 is 1.79. The highest BCUT2D eigenvalue weighted by molar-refractivity contribution is 5.94. The Morgan fingerprint density at radius 1 is 1.21 bits per heavy atom. The molecule has 4 heterocycles. The number of hydrogen-bond acceptors (Lipinski definition) is 4. The molecule has 2 saturated heterocycles. The minimum atomic E-state index is -0.0185. The molecule has 2 fully saturated rings. The standard InChI is InChI=1S/C16H19N5O.2ClH/c22-16(20-14-8-12-1-2-13(9-14)19-12)11-3-4-18-15(7-11)21-6-5-17-10-21;;/h3-7,10,12-14,19H,1-2,8-9H2,(H,20,22);2*1H. The number of nitrogens with zero attached hydrogens (tertiary/aromatic N) is 3. The number of carbonyl (C=O) groups excluding carboxylic acids is 1. The molecule has 130 valence electrons. The first-order valence-electron chi connectivity index (χ1n) is 7.79. The van der Waals surface area contributed by atoms with E-state index in [2.05, 4.69) is 20.6 Å². The lowest BCUT2D eigenvalue weighted by Gasteiger charge is -2.29. The van der Waals surface area contributed by atoms with Crippen LogP contribution in [0, 0.1) is 0 Å². The number of carbonyl (C=O) groups is 1. The van der Waals surface area contributed by atoms with Gasteiger partial charge in [0, 0.05) is 42.3 Å². The highest BCUT2D eigenvalue weighted by Gasteiger charge is 2.34. The zero-order chi connectivity index (χ0) is 14.9. The average molecular weight is 370 g/mol. The second-order valence-electron chi connectivity index (χ2n) is 6.15. The van der Waals surface area contributed by atoms with Gasteiger partial charge in [-0.3, -0.25) is 9.36 Å². The topological polar surface area (TPSA) is 71.8 Å². The van der Waals surface area contributed by atoms with Crippen LogP contribution in [0.3, 0.4) is 0 Å². The Hall–Kier alpha value is -1.63. The van der Waals surface area contributed by atoms with Crippen molar-refractivity contribution in [3.8, 4) is 5.82 Å². The van der Waals surface area contributed by atoms with Crippen LogP contribution in [-0.4, -0.2) is 38.6 Å². The van der Waals surface area contributed by atoms with Crippen LogP contribution in [0.15, 0.2) is 37.1 Å². The molecule has 1 amide bonds. The van der Waals surface area contributed by atoms with Gasteiger partial charge in [0.15, 0.2) is 0 Å². The third kappa shape index (κ3) is 3.88. The zero-order valence-corrected chi connectivity index (χ0v) is 14.7. The molecule has 2 aromatic heterocycles. The first-order valence-corrected chi connectivity index (χ1v) is 7.79. The van der Waals surface area contributed by atoms with Gasteiger partial charge in [-0.2, -0.15) is 0 Å². The second kappa shape index (κ2) is 7.96. The quantitative estimate of drug-likeness (QED) is 0.868. The van der Waals surface area contributed by atoms with Crippen molar-refractivity contribution in [2.75, 3.05) is 0 Å². The molecule has 0 saturated carbocycles. The molecule has 0 spiro atoms. The molecule has 2 unspecified atom stereocenters. The third-order valence-corrected chi connectivity index (χ3v) is 4.58. The number of nitrogens with one attached hydrogen (secondary N) is 2. The number of fused-ring (bicyclic) bond motifs is 2. The van der Waals surface area contributed by atoms with Crippen molar-refractivity contribution < 1.29 is 4.79 Å². The predicted octanol–water partition coefficient (Wildman–Crippen LogP) is 2.12. The van der Waals surface area contributed by atoms with Crippen molar-refractivity contribution in [1.29, 1.82) is 0 Å². The Morgan fingerprint density at radius 2 is 1.96 bits per heavy atom. The van der Waals surface area contributed by atoms with Gasteiger partial charge in [-0.25, -0.2) is 9.97 Å². The fourth-order valence-electron chi connectivity index (χ4n) is 3.54. The zero-order valence-electron chi connectivity index (χ0n) is 13.1. The largest absolute Gasteiger partial charge is 0.349 e. The van der Waals surface area contributed by atoms with Crippen molar-refractivity contribution in [3.05, 3.63) is 42.6 Å². The first kappa shape index (κ1) is 18.7. The van der Waals surface area contributed by atoms with Gasteiger partial charge in [-0.15, -0.1) is 24.8 Å². The van der Waals surface area contributed by atoms with Crippen molar-refractivity contribution in [2.24, 2.45) is 0 Å². The highest BCUT2D eigenvalue weighted by Crippen LogP contribution is 2.26. The maximum Gasteiger partial charge on any atom is 0.251 e. The molecule has 2 atom stereocenters. The molecule has 2 aliphatic heterocycles. The van der Waals surface area contributed by atoms with Crippen LogP contribution in [0.2, 0.25) is 0 Å². The molecular formula is C16H21Cl2N5O. The third-order valence-electron chi connectivity index (χ3n) is 4.58. The van der Waals surface area contributed by atoms with Gasteiger partial charge in [0.2, 0.25) is 0 Å². The van der Waals surface area contributed by atoms with E-state index >= 15 is 0 Å². The van der Waals surface area contributed by atoms with Crippen molar-refractivity contribution >= 4 is 30.7 Å². The van der Waals surface area contributed by atoms with Gasteiger partial charge >= 0.3 is 0 Å². The molecule has 6 nitrogen and oxygen atoms in total. The summed E-state index contributed by atoms with van der Waals surface area (Å²) in [5.74, 6) is 0.686. The number of aromatic nitrogens is 3. The van der Waals surface area contributed by atoms with Crippen LogP contribution in [0.1, 0.15) is 36.0 Å². The maximum absolute atomic E-state index is 12.5. The first-order chi connectivity index (χ1) is 10.8. The lowest BCUT2D eigenvalue weighted by molar-refractivity contribution is 0.0924. The monoisotopic (exact) mass is 369 g/mol. The Morgan fingerprint density at radius 3 is 2.62 bits per heavy atom.